The van der Waals surface area contributed by atoms with Crippen molar-refractivity contribution in [3.8, 4) is 10.4 Å². The molecule has 3 aliphatic heterocycles. The fourth-order valence-electron chi connectivity index (χ4n) is 5.38. The molecular formula is C24H31ClN4O4S3. The second-order valence-corrected chi connectivity index (χ2v) is 14.3. The SMILES string of the molecule is O=C1[C@@H](NS(=O)(=O)c2cc(-c3ccc(Cl)s3)cs2)CCCN1CC(=O)N1CCC[C@H]1CN1CCCC1. The fraction of sp³-hybridized carbons (Fsp3) is 0.583. The van der Waals surface area contributed by atoms with Crippen LogP contribution in [-0.2, 0) is 19.6 Å². The van der Waals surface area contributed by atoms with Crippen molar-refractivity contribution < 1.29 is 18.0 Å². The topological polar surface area (TPSA) is 90.0 Å². The number of likely N-dealkylation sites (tertiary alicyclic amines) is 3. The quantitative estimate of drug-likeness (QED) is 0.525. The zero-order valence-electron chi connectivity index (χ0n) is 20.0. The van der Waals surface area contributed by atoms with Gasteiger partial charge < -0.3 is 14.7 Å². The number of rotatable bonds is 8. The van der Waals surface area contributed by atoms with Crippen LogP contribution in [-0.4, -0.2) is 86.3 Å². The van der Waals surface area contributed by atoms with E-state index in [1.807, 2.05) is 11.0 Å². The summed E-state index contributed by atoms with van der Waals surface area (Å²) in [4.78, 5) is 33.1. The van der Waals surface area contributed by atoms with Gasteiger partial charge in [0, 0.05) is 41.5 Å². The van der Waals surface area contributed by atoms with Crippen LogP contribution in [0.25, 0.3) is 10.4 Å². The smallest absolute Gasteiger partial charge is 0.250 e. The summed E-state index contributed by atoms with van der Waals surface area (Å²) in [6, 6.07) is 4.58. The Balaban J connectivity index is 1.20. The molecule has 5 heterocycles. The first-order chi connectivity index (χ1) is 17.3. The van der Waals surface area contributed by atoms with E-state index in [9.17, 15) is 18.0 Å². The molecule has 3 saturated heterocycles. The van der Waals surface area contributed by atoms with Gasteiger partial charge in [0.15, 0.2) is 0 Å². The maximum atomic E-state index is 13.2. The fourth-order valence-corrected chi connectivity index (χ4v) is 8.90. The van der Waals surface area contributed by atoms with Crippen molar-refractivity contribution in [3.63, 3.8) is 0 Å². The molecular weight excluding hydrogens is 540 g/mol. The van der Waals surface area contributed by atoms with E-state index in [1.165, 1.54) is 29.1 Å². The maximum Gasteiger partial charge on any atom is 0.250 e. The minimum absolute atomic E-state index is 0.00977. The lowest BCUT2D eigenvalue weighted by molar-refractivity contribution is -0.143. The molecule has 1 N–H and O–H groups in total. The lowest BCUT2D eigenvalue weighted by Gasteiger charge is -2.34. The van der Waals surface area contributed by atoms with Crippen LogP contribution in [0.4, 0.5) is 0 Å². The molecule has 2 aromatic rings. The van der Waals surface area contributed by atoms with Gasteiger partial charge in [-0.05, 0) is 69.8 Å². The molecule has 0 spiro atoms. The van der Waals surface area contributed by atoms with Gasteiger partial charge in [0.2, 0.25) is 11.8 Å². The van der Waals surface area contributed by atoms with Crippen LogP contribution in [0.2, 0.25) is 4.34 Å². The number of carbonyl (C=O) groups is 2. The summed E-state index contributed by atoms with van der Waals surface area (Å²) in [7, 11) is -3.87. The summed E-state index contributed by atoms with van der Waals surface area (Å²) in [5.41, 5.74) is 0.786. The van der Waals surface area contributed by atoms with Gasteiger partial charge >= 0.3 is 0 Å². The Labute approximate surface area is 225 Å². The van der Waals surface area contributed by atoms with E-state index in [0.717, 1.165) is 60.8 Å². The van der Waals surface area contributed by atoms with Crippen molar-refractivity contribution in [2.24, 2.45) is 0 Å². The zero-order valence-corrected chi connectivity index (χ0v) is 23.2. The number of nitrogens with zero attached hydrogens (tertiary/aromatic N) is 3. The van der Waals surface area contributed by atoms with Gasteiger partial charge in [-0.1, -0.05) is 11.6 Å². The van der Waals surface area contributed by atoms with Crippen LogP contribution in [0, 0.1) is 0 Å². The van der Waals surface area contributed by atoms with Gasteiger partial charge in [0.25, 0.3) is 10.0 Å². The first-order valence-electron chi connectivity index (χ1n) is 12.5. The number of hydrogen-bond acceptors (Lipinski definition) is 7. The third kappa shape index (κ3) is 5.81. The molecule has 2 aromatic heterocycles. The van der Waals surface area contributed by atoms with Crippen molar-refractivity contribution in [3.05, 3.63) is 27.9 Å². The Kier molecular flexibility index (Phi) is 8.04. The highest BCUT2D eigenvalue weighted by Gasteiger charge is 2.36. The molecule has 0 aliphatic carbocycles. The van der Waals surface area contributed by atoms with Crippen LogP contribution in [0.5, 0.6) is 0 Å². The molecule has 3 aliphatic rings. The Morgan fingerprint density at radius 3 is 2.61 bits per heavy atom. The van der Waals surface area contributed by atoms with E-state index in [4.69, 9.17) is 11.6 Å². The summed E-state index contributed by atoms with van der Waals surface area (Å²) in [6.07, 6.45) is 5.49. The third-order valence-corrected chi connectivity index (χ3v) is 11.4. The molecule has 0 bridgehead atoms. The molecule has 0 saturated carbocycles. The van der Waals surface area contributed by atoms with E-state index in [2.05, 4.69) is 9.62 Å². The molecule has 0 unspecified atom stereocenters. The second kappa shape index (κ2) is 11.1. The summed E-state index contributed by atoms with van der Waals surface area (Å²) < 4.78 is 29.5. The molecule has 5 rings (SSSR count). The molecule has 8 nitrogen and oxygen atoms in total. The summed E-state index contributed by atoms with van der Waals surface area (Å²) in [5.74, 6) is -0.360. The monoisotopic (exact) mass is 570 g/mol. The summed E-state index contributed by atoms with van der Waals surface area (Å²) >= 11 is 8.51. The predicted molar refractivity (Wildman–Crippen MR) is 143 cm³/mol. The average Bonchev–Trinajstić information content (AvgIpc) is 3.64. The molecule has 2 atom stereocenters. The Hall–Kier alpha value is -1.50. The minimum Gasteiger partial charge on any atom is -0.337 e. The second-order valence-electron chi connectivity index (χ2n) is 9.72. The van der Waals surface area contributed by atoms with E-state index >= 15 is 0 Å². The van der Waals surface area contributed by atoms with Crippen molar-refractivity contribution in [1.29, 1.82) is 0 Å². The molecule has 3 fully saturated rings. The van der Waals surface area contributed by atoms with Crippen LogP contribution in [0.1, 0.15) is 38.5 Å². The van der Waals surface area contributed by atoms with Crippen molar-refractivity contribution in [2.45, 2.75) is 54.8 Å². The first-order valence-corrected chi connectivity index (χ1v) is 16.0. The van der Waals surface area contributed by atoms with Crippen molar-refractivity contribution in [2.75, 3.05) is 39.3 Å². The molecule has 0 radical (unpaired) electrons. The maximum absolute atomic E-state index is 13.2. The highest BCUT2D eigenvalue weighted by molar-refractivity contribution is 7.91. The summed E-state index contributed by atoms with van der Waals surface area (Å²) in [6.45, 7) is 4.30. The average molecular weight is 571 g/mol. The molecule has 0 aromatic carbocycles. The number of halogens is 1. The van der Waals surface area contributed by atoms with E-state index in [0.29, 0.717) is 23.7 Å². The van der Waals surface area contributed by atoms with Gasteiger partial charge in [-0.15, -0.1) is 22.7 Å². The third-order valence-electron chi connectivity index (χ3n) is 7.22. The zero-order chi connectivity index (χ0) is 25.3. The number of amides is 2. The molecule has 2 amide bonds. The molecule has 12 heteroatoms. The first kappa shape index (κ1) is 26.1. The molecule has 196 valence electrons. The number of carbonyl (C=O) groups excluding carboxylic acids is 2. The van der Waals surface area contributed by atoms with E-state index < -0.39 is 16.1 Å². The van der Waals surface area contributed by atoms with Crippen molar-refractivity contribution >= 4 is 56.1 Å². The Morgan fingerprint density at radius 2 is 1.86 bits per heavy atom. The Bertz CT molecular complexity index is 1210. The van der Waals surface area contributed by atoms with Crippen LogP contribution in [0.15, 0.2) is 27.8 Å². The highest BCUT2D eigenvalue weighted by atomic mass is 35.5. The van der Waals surface area contributed by atoms with Gasteiger partial charge in [-0.3, -0.25) is 9.59 Å². The van der Waals surface area contributed by atoms with Gasteiger partial charge in [-0.25, -0.2) is 8.42 Å². The number of hydrogen-bond donors (Lipinski definition) is 1. The normalized spacial score (nSPS) is 23.6. The van der Waals surface area contributed by atoms with Crippen molar-refractivity contribution in [1.82, 2.24) is 19.4 Å². The van der Waals surface area contributed by atoms with Crippen LogP contribution < -0.4 is 4.72 Å². The minimum atomic E-state index is -3.87. The standard InChI is InChI=1S/C24H31ClN4O4S3/c25-21-8-7-20(35-21)17-13-23(34-16-17)36(32,33)26-19-6-4-11-28(24(19)31)15-22(30)29-12-3-5-18(29)14-27-9-1-2-10-27/h7-8,13,16,18-19,26H,1-6,9-12,14-15H2/t18-,19-/m0/s1. The number of piperidine rings is 1. The van der Waals surface area contributed by atoms with Gasteiger partial charge in [0.05, 0.1) is 10.9 Å². The summed E-state index contributed by atoms with van der Waals surface area (Å²) in [5, 5.41) is 1.78. The van der Waals surface area contributed by atoms with Crippen LogP contribution in [0.3, 0.4) is 0 Å². The van der Waals surface area contributed by atoms with Gasteiger partial charge in [-0.2, -0.15) is 4.72 Å². The largest absolute Gasteiger partial charge is 0.337 e. The number of thiophene rings is 2. The Morgan fingerprint density at radius 1 is 1.08 bits per heavy atom. The lowest BCUT2D eigenvalue weighted by atomic mass is 10.1. The van der Waals surface area contributed by atoms with E-state index in [-0.39, 0.29) is 28.6 Å². The number of nitrogens with one attached hydrogen (secondary N) is 1. The highest BCUT2D eigenvalue weighted by Crippen LogP contribution is 2.35. The lowest BCUT2D eigenvalue weighted by Crippen LogP contribution is -2.55. The number of sulfonamides is 1. The predicted octanol–water partition coefficient (Wildman–Crippen LogP) is 3.49. The molecule has 36 heavy (non-hydrogen) atoms. The van der Waals surface area contributed by atoms with Gasteiger partial charge in [0.1, 0.15) is 10.3 Å². The van der Waals surface area contributed by atoms with E-state index in [1.54, 1.807) is 17.5 Å². The van der Waals surface area contributed by atoms with Crippen LogP contribution >= 0.6 is 34.3 Å².